The van der Waals surface area contributed by atoms with Crippen LogP contribution in [0.1, 0.15) is 39.0 Å². The minimum Gasteiger partial charge on any atom is -0.450 e. The molecule has 0 radical (unpaired) electrons. The molecule has 0 spiro atoms. The van der Waals surface area contributed by atoms with Crippen LogP contribution in [0.5, 0.6) is 0 Å². The van der Waals surface area contributed by atoms with Crippen LogP contribution in [0.2, 0.25) is 0 Å². The monoisotopic (exact) mass is 506 g/mol. The number of likely N-dealkylation sites (tertiary alicyclic amines) is 1. The lowest BCUT2D eigenvalue weighted by atomic mass is 10.0. The highest BCUT2D eigenvalue weighted by Gasteiger charge is 2.41. The highest BCUT2D eigenvalue weighted by molar-refractivity contribution is 8.27. The lowest BCUT2D eigenvalue weighted by molar-refractivity contribution is 0.137. The van der Waals surface area contributed by atoms with Crippen LogP contribution in [0, 0.1) is 0 Å². The van der Waals surface area contributed by atoms with E-state index in [-0.39, 0.29) is 0 Å². The molecule has 0 aliphatic carbocycles. The normalized spacial score (nSPS) is 18.5. The van der Waals surface area contributed by atoms with Gasteiger partial charge in [-0.05, 0) is 87.1 Å². The number of benzene rings is 2. The van der Waals surface area contributed by atoms with Gasteiger partial charge in [0.2, 0.25) is 0 Å². The molecule has 2 aliphatic heterocycles. The van der Waals surface area contributed by atoms with Gasteiger partial charge in [-0.15, -0.1) is 0 Å². The molecule has 9 nitrogen and oxygen atoms in total. The van der Waals surface area contributed by atoms with E-state index in [1.165, 1.54) is 45.3 Å². The summed E-state index contributed by atoms with van der Waals surface area (Å²) in [7, 11) is -3.13. The molecule has 0 aromatic heterocycles. The van der Waals surface area contributed by atoms with Crippen molar-refractivity contribution in [2.75, 3.05) is 41.3 Å². The Kier molecular flexibility index (Phi) is 10.1. The van der Waals surface area contributed by atoms with Crippen LogP contribution in [0.4, 0.5) is 21.9 Å². The van der Waals surface area contributed by atoms with Gasteiger partial charge in [-0.3, -0.25) is 13.4 Å². The molecule has 0 atom stereocenters. The Morgan fingerprint density at radius 2 is 1.54 bits per heavy atom. The lowest BCUT2D eigenvalue weighted by Crippen LogP contribution is -2.43. The van der Waals surface area contributed by atoms with Gasteiger partial charge in [0.05, 0.1) is 17.1 Å². The quantitative estimate of drug-likeness (QED) is 0.273. The van der Waals surface area contributed by atoms with Gasteiger partial charge in [0, 0.05) is 12.6 Å². The first-order valence-corrected chi connectivity index (χ1v) is 13.7. The van der Waals surface area contributed by atoms with E-state index in [9.17, 15) is 9.11 Å². The number of hydrogen-bond donors (Lipinski definition) is 5. The van der Waals surface area contributed by atoms with Crippen LogP contribution in [-0.4, -0.2) is 69.1 Å². The van der Waals surface area contributed by atoms with E-state index in [0.29, 0.717) is 12.6 Å². The number of hydrogen-bond acceptors (Lipinski definition) is 7. The summed E-state index contributed by atoms with van der Waals surface area (Å²) in [4.78, 5) is 11.1. The lowest BCUT2D eigenvalue weighted by Gasteiger charge is -2.44. The first kappa shape index (κ1) is 27.1. The molecule has 0 saturated carbocycles. The average Bonchev–Trinajstić information content (AvgIpc) is 3.07. The van der Waals surface area contributed by atoms with Gasteiger partial charge >= 0.3 is 6.16 Å². The molecule has 1 saturated heterocycles. The molecule has 10 heteroatoms. The van der Waals surface area contributed by atoms with Crippen molar-refractivity contribution in [2.24, 2.45) is 0 Å². The van der Waals surface area contributed by atoms with E-state index in [2.05, 4.69) is 17.1 Å². The zero-order chi connectivity index (χ0) is 25.3. The first-order chi connectivity index (χ1) is 16.8. The molecule has 0 amide bonds. The summed E-state index contributed by atoms with van der Waals surface area (Å²) in [5.41, 5.74) is 2.53. The summed E-state index contributed by atoms with van der Waals surface area (Å²) in [6.07, 6.45) is 3.99. The number of unbranched alkanes of at least 4 members (excludes halogenated alkanes) is 1. The highest BCUT2D eigenvalue weighted by Crippen LogP contribution is 2.63. The Hall–Kier alpha value is -2.50. The number of rotatable bonds is 9. The van der Waals surface area contributed by atoms with Gasteiger partial charge in [-0.25, -0.2) is 9.10 Å². The highest BCUT2D eigenvalue weighted by atomic mass is 32.3. The van der Waals surface area contributed by atoms with Crippen molar-refractivity contribution in [1.82, 2.24) is 10.2 Å². The van der Waals surface area contributed by atoms with Crippen molar-refractivity contribution in [3.05, 3.63) is 54.6 Å². The molecule has 0 bridgehead atoms. The van der Waals surface area contributed by atoms with Crippen molar-refractivity contribution in [3.8, 4) is 0 Å². The predicted molar refractivity (Wildman–Crippen MR) is 143 cm³/mol. The van der Waals surface area contributed by atoms with Crippen molar-refractivity contribution in [1.29, 1.82) is 0 Å². The molecule has 5 N–H and O–H groups in total. The molecule has 0 unspecified atom stereocenters. The number of carboxylic acid groups (broad SMARTS) is 2. The van der Waals surface area contributed by atoms with Crippen LogP contribution in [0.25, 0.3) is 0 Å². The largest absolute Gasteiger partial charge is 0.503 e. The predicted octanol–water partition coefficient (Wildman–Crippen LogP) is 5.69. The minimum absolute atomic E-state index is 0.574. The minimum atomic E-state index is -3.13. The third kappa shape index (κ3) is 7.25. The van der Waals surface area contributed by atoms with Gasteiger partial charge in [0.1, 0.15) is 0 Å². The van der Waals surface area contributed by atoms with Gasteiger partial charge in [-0.2, -0.15) is 0 Å². The third-order valence-electron chi connectivity index (χ3n) is 6.29. The Balaban J connectivity index is 0.000000795. The Bertz CT molecular complexity index is 921. The Labute approximate surface area is 209 Å². The number of piperidine rings is 1. The summed E-state index contributed by atoms with van der Waals surface area (Å²) in [5.74, 6) is 0. The van der Waals surface area contributed by atoms with E-state index in [4.69, 9.17) is 15.0 Å². The zero-order valence-electron chi connectivity index (χ0n) is 20.3. The molecule has 2 aromatic carbocycles. The topological polar surface area (TPSA) is 120 Å². The molecular formula is C25H38N4O5S. The second-order valence-corrected chi connectivity index (χ2v) is 10.6. The maximum atomic E-state index is 11.2. The number of para-hydroxylation sites is 3. The Morgan fingerprint density at radius 1 is 0.943 bits per heavy atom. The molecule has 1 fully saturated rings. The first-order valence-electron chi connectivity index (χ1n) is 12.2. The average molecular weight is 507 g/mol. The van der Waals surface area contributed by atoms with Crippen LogP contribution in [0.3, 0.4) is 0 Å². The summed E-state index contributed by atoms with van der Waals surface area (Å²) in [5, 5.41) is 17.6. The smallest absolute Gasteiger partial charge is 0.450 e. The maximum Gasteiger partial charge on any atom is 0.503 e. The van der Waals surface area contributed by atoms with Crippen molar-refractivity contribution in [2.45, 2.75) is 45.1 Å². The molecule has 2 aromatic rings. The van der Waals surface area contributed by atoms with Crippen LogP contribution < -0.4 is 13.9 Å². The standard InChI is InChI=1S/C24H36N4O2S.CH2O3/c1-2-3-17-26-19-14-21(15-20-26)25-16-9-18-27-23-12-7-8-13-24(23)28(31(27,29)30)22-10-5-4-6-11-22;2-1(3)4/h4-8,10-13,21,25,29-30H,2-3,9,14-20H2,1H3;(H2,2,3,4). The molecule has 194 valence electrons. The summed E-state index contributed by atoms with van der Waals surface area (Å²) < 4.78 is 25.9. The van der Waals surface area contributed by atoms with Crippen LogP contribution in [-0.2, 0) is 0 Å². The van der Waals surface area contributed by atoms with E-state index < -0.39 is 17.1 Å². The summed E-state index contributed by atoms with van der Waals surface area (Å²) >= 11 is 0. The SMILES string of the molecule is CCCCN1CCC(NCCCN2c3ccccc3N(c3ccccc3)S2(O)O)CC1.O=C(O)O. The van der Waals surface area contributed by atoms with Crippen LogP contribution >= 0.6 is 11.0 Å². The number of fused-ring (bicyclic) bond motifs is 1. The molecule has 4 rings (SSSR count). The second kappa shape index (κ2) is 13.0. The number of nitrogens with one attached hydrogen (secondary N) is 1. The van der Waals surface area contributed by atoms with Gasteiger partial charge in [0.15, 0.2) is 0 Å². The zero-order valence-corrected chi connectivity index (χ0v) is 21.1. The van der Waals surface area contributed by atoms with E-state index in [1.54, 1.807) is 8.61 Å². The fourth-order valence-corrected chi connectivity index (χ4v) is 6.38. The van der Waals surface area contributed by atoms with Crippen molar-refractivity contribution >= 4 is 34.2 Å². The van der Waals surface area contributed by atoms with Crippen molar-refractivity contribution in [3.63, 3.8) is 0 Å². The number of carbonyl (C=O) groups is 1. The summed E-state index contributed by atoms with van der Waals surface area (Å²) in [6, 6.07) is 18.0. The third-order valence-corrected chi connectivity index (χ3v) is 8.16. The molecular weight excluding hydrogens is 468 g/mol. The van der Waals surface area contributed by atoms with E-state index >= 15 is 0 Å². The number of anilines is 3. The number of nitrogens with zero attached hydrogens (tertiary/aromatic N) is 3. The van der Waals surface area contributed by atoms with Gasteiger partial charge in [-0.1, -0.05) is 43.7 Å². The maximum absolute atomic E-state index is 11.2. The fourth-order valence-electron chi connectivity index (χ4n) is 4.57. The molecule has 2 heterocycles. The van der Waals surface area contributed by atoms with Crippen LogP contribution in [0.15, 0.2) is 54.6 Å². The second-order valence-electron chi connectivity index (χ2n) is 8.77. The van der Waals surface area contributed by atoms with Gasteiger partial charge in [0.25, 0.3) is 0 Å². The van der Waals surface area contributed by atoms with Crippen molar-refractivity contribution < 1.29 is 24.1 Å². The van der Waals surface area contributed by atoms with E-state index in [0.717, 1.165) is 30.0 Å². The van der Waals surface area contributed by atoms with Gasteiger partial charge < -0.3 is 20.4 Å². The molecule has 35 heavy (non-hydrogen) atoms. The Morgan fingerprint density at radius 3 is 2.17 bits per heavy atom. The molecule has 2 aliphatic rings. The summed E-state index contributed by atoms with van der Waals surface area (Å²) in [6.45, 7) is 7.34. The van der Waals surface area contributed by atoms with E-state index in [1.807, 2.05) is 54.6 Å². The fraction of sp³-hybridized carbons (Fsp3) is 0.480.